The van der Waals surface area contributed by atoms with Gasteiger partial charge in [0.1, 0.15) is 17.7 Å². The van der Waals surface area contributed by atoms with Crippen LogP contribution in [0.15, 0.2) is 17.0 Å². The van der Waals surface area contributed by atoms with Crippen molar-refractivity contribution in [3.63, 3.8) is 0 Å². The maximum atomic E-state index is 6.12. The first-order chi connectivity index (χ1) is 13.3. The molecule has 6 rings (SSSR count). The van der Waals surface area contributed by atoms with Gasteiger partial charge < -0.3 is 9.64 Å². The van der Waals surface area contributed by atoms with Gasteiger partial charge in [0.25, 0.3) is 0 Å². The number of aromatic nitrogens is 5. The third-order valence-electron chi connectivity index (χ3n) is 5.97. The van der Waals surface area contributed by atoms with Crippen molar-refractivity contribution in [3.8, 4) is 0 Å². The molecule has 0 bridgehead atoms. The van der Waals surface area contributed by atoms with Crippen molar-refractivity contribution in [3.05, 3.63) is 35.4 Å². The first-order valence-corrected chi connectivity index (χ1v) is 9.84. The average molecular weight is 367 g/mol. The van der Waals surface area contributed by atoms with E-state index in [1.54, 1.807) is 6.33 Å². The minimum atomic E-state index is 0.319. The van der Waals surface area contributed by atoms with Crippen LogP contribution in [0.25, 0.3) is 5.52 Å². The fourth-order valence-corrected chi connectivity index (χ4v) is 4.32. The summed E-state index contributed by atoms with van der Waals surface area (Å²) in [6.07, 6.45) is 8.27. The Morgan fingerprint density at radius 2 is 2.19 bits per heavy atom. The number of fused-ring (bicyclic) bond motifs is 2. The Morgan fingerprint density at radius 3 is 3.00 bits per heavy atom. The van der Waals surface area contributed by atoms with Gasteiger partial charge in [-0.15, -0.1) is 0 Å². The van der Waals surface area contributed by atoms with E-state index in [0.717, 1.165) is 67.8 Å². The summed E-state index contributed by atoms with van der Waals surface area (Å²) in [5.74, 6) is 3.23. The Balaban J connectivity index is 1.41. The zero-order valence-corrected chi connectivity index (χ0v) is 15.5. The van der Waals surface area contributed by atoms with Crippen molar-refractivity contribution in [2.24, 2.45) is 0 Å². The maximum absolute atomic E-state index is 6.12. The number of rotatable bonds is 3. The third-order valence-corrected chi connectivity index (χ3v) is 5.97. The zero-order chi connectivity index (χ0) is 18.0. The lowest BCUT2D eigenvalue weighted by Gasteiger charge is -2.26. The van der Waals surface area contributed by atoms with Gasteiger partial charge >= 0.3 is 0 Å². The molecule has 1 saturated carbocycles. The molecule has 1 aliphatic carbocycles. The van der Waals surface area contributed by atoms with E-state index in [1.807, 2.05) is 16.2 Å². The molecule has 27 heavy (non-hydrogen) atoms. The number of hydrogen-bond donors (Lipinski definition) is 0. The van der Waals surface area contributed by atoms with Crippen LogP contribution >= 0.6 is 0 Å². The Bertz CT molecular complexity index is 1010. The number of ether oxygens (including phenoxy) is 1. The molecule has 2 fully saturated rings. The summed E-state index contributed by atoms with van der Waals surface area (Å²) >= 11 is 0. The molecular weight excluding hydrogens is 344 g/mol. The number of nitrogens with zero attached hydrogens (tertiary/aromatic N) is 6. The molecule has 140 valence electrons. The largest absolute Gasteiger partial charge is 0.381 e. The highest BCUT2D eigenvalue weighted by molar-refractivity contribution is 5.73. The van der Waals surface area contributed by atoms with Crippen molar-refractivity contribution in [2.75, 3.05) is 24.7 Å². The molecule has 3 aromatic rings. The molecule has 0 radical (unpaired) electrons. The molecule has 2 aliphatic heterocycles. The number of hydrogen-bond acceptors (Lipinski definition) is 6. The minimum Gasteiger partial charge on any atom is -0.381 e. The molecule has 3 aromatic heterocycles. The molecule has 8 heteroatoms. The molecule has 0 N–H and O–H groups in total. The molecule has 0 amide bonds. The van der Waals surface area contributed by atoms with Crippen LogP contribution in [0.1, 0.15) is 54.1 Å². The van der Waals surface area contributed by atoms with Crippen LogP contribution in [0, 0.1) is 6.92 Å². The van der Waals surface area contributed by atoms with Gasteiger partial charge in [-0.2, -0.15) is 5.10 Å². The molecular formula is C19H23N6O2+. The molecule has 0 unspecified atom stereocenters. The van der Waals surface area contributed by atoms with Crippen LogP contribution in [0.4, 0.5) is 5.82 Å². The Labute approximate surface area is 156 Å². The van der Waals surface area contributed by atoms with Gasteiger partial charge in [0.05, 0.1) is 24.4 Å². The van der Waals surface area contributed by atoms with Crippen molar-refractivity contribution >= 4 is 11.3 Å². The smallest absolute Gasteiger partial charge is 0.223 e. The molecule has 8 nitrogen and oxygen atoms in total. The Hall–Kier alpha value is -2.48. The molecule has 1 saturated heterocycles. The SMILES string of the molecule is Cc1nc([C@@H]2CCOC2)c2c(N3CCc4c[n+](C5CC5)oc4C3)ncnn12. The summed E-state index contributed by atoms with van der Waals surface area (Å²) in [6, 6.07) is 0.571. The Kier molecular flexibility index (Phi) is 3.32. The van der Waals surface area contributed by atoms with Crippen LogP contribution < -0.4 is 9.64 Å². The summed E-state index contributed by atoms with van der Waals surface area (Å²) in [5, 5.41) is 4.46. The van der Waals surface area contributed by atoms with Crippen molar-refractivity contribution < 1.29 is 14.0 Å². The van der Waals surface area contributed by atoms with E-state index in [2.05, 4.69) is 21.2 Å². The molecule has 1 atom stereocenters. The standard InChI is InChI=1S/C19H23N6O2/c1-12-22-17(14-5-7-26-10-14)18-19(20-11-21-25(12)18)23-6-4-13-8-24(15-2-3-15)27-16(13)9-23/h8,11,14-15H,2-7,9-10H2,1H3/q+1/t14-/m1/s1. The number of aryl methyl sites for hydroxylation is 1. The minimum absolute atomic E-state index is 0.319. The zero-order valence-electron chi connectivity index (χ0n) is 15.5. The summed E-state index contributed by atoms with van der Waals surface area (Å²) < 4.78 is 15.7. The van der Waals surface area contributed by atoms with E-state index in [1.165, 1.54) is 18.4 Å². The van der Waals surface area contributed by atoms with E-state index < -0.39 is 0 Å². The second-order valence-corrected chi connectivity index (χ2v) is 7.88. The summed E-state index contributed by atoms with van der Waals surface area (Å²) in [7, 11) is 0. The van der Waals surface area contributed by atoms with Gasteiger partial charge in [0, 0.05) is 31.9 Å². The van der Waals surface area contributed by atoms with E-state index >= 15 is 0 Å². The third kappa shape index (κ3) is 2.46. The second kappa shape index (κ2) is 5.76. The molecule has 0 spiro atoms. The predicted molar refractivity (Wildman–Crippen MR) is 95.6 cm³/mol. The lowest BCUT2D eigenvalue weighted by atomic mass is 10.0. The van der Waals surface area contributed by atoms with Gasteiger partial charge in [0.2, 0.25) is 18.0 Å². The first-order valence-electron chi connectivity index (χ1n) is 9.84. The van der Waals surface area contributed by atoms with E-state index in [9.17, 15) is 0 Å². The van der Waals surface area contributed by atoms with E-state index in [-0.39, 0.29) is 0 Å². The molecule has 5 heterocycles. The van der Waals surface area contributed by atoms with Crippen LogP contribution in [-0.2, 0) is 17.7 Å². The summed E-state index contributed by atoms with van der Waals surface area (Å²) in [5.41, 5.74) is 3.42. The normalized spacial score (nSPS) is 22.6. The lowest BCUT2D eigenvalue weighted by Crippen LogP contribution is -2.31. The quantitative estimate of drug-likeness (QED) is 0.657. The lowest BCUT2D eigenvalue weighted by molar-refractivity contribution is -0.867. The van der Waals surface area contributed by atoms with E-state index in [4.69, 9.17) is 14.2 Å². The highest BCUT2D eigenvalue weighted by Crippen LogP contribution is 2.35. The summed E-state index contributed by atoms with van der Waals surface area (Å²) in [6.45, 7) is 5.19. The fourth-order valence-electron chi connectivity index (χ4n) is 4.32. The highest BCUT2D eigenvalue weighted by Gasteiger charge is 2.38. The monoisotopic (exact) mass is 367 g/mol. The van der Waals surface area contributed by atoms with Crippen molar-refractivity contribution in [1.82, 2.24) is 19.6 Å². The van der Waals surface area contributed by atoms with Crippen LogP contribution in [0.5, 0.6) is 0 Å². The van der Waals surface area contributed by atoms with Gasteiger partial charge in [-0.25, -0.2) is 19.0 Å². The van der Waals surface area contributed by atoms with Gasteiger partial charge in [-0.3, -0.25) is 0 Å². The number of imidazole rings is 1. The maximum Gasteiger partial charge on any atom is 0.223 e. The van der Waals surface area contributed by atoms with Gasteiger partial charge in [-0.05, 0) is 24.5 Å². The average Bonchev–Trinajstić information content (AvgIpc) is 3.10. The van der Waals surface area contributed by atoms with Gasteiger partial charge in [-0.1, -0.05) is 0 Å². The molecule has 3 aliphatic rings. The summed E-state index contributed by atoms with van der Waals surface area (Å²) in [4.78, 5) is 11.8. The second-order valence-electron chi connectivity index (χ2n) is 7.88. The highest BCUT2D eigenvalue weighted by atomic mass is 16.5. The molecule has 0 aromatic carbocycles. The van der Waals surface area contributed by atoms with Gasteiger partial charge in [0.15, 0.2) is 5.82 Å². The van der Waals surface area contributed by atoms with Crippen LogP contribution in [0.3, 0.4) is 0 Å². The van der Waals surface area contributed by atoms with Crippen molar-refractivity contribution in [1.29, 1.82) is 0 Å². The fraction of sp³-hybridized carbons (Fsp3) is 0.579. The predicted octanol–water partition coefficient (Wildman–Crippen LogP) is 1.71. The topological polar surface area (TPSA) is 72.6 Å². The Morgan fingerprint density at radius 1 is 1.26 bits per heavy atom. The first kappa shape index (κ1) is 15.6. The van der Waals surface area contributed by atoms with Crippen LogP contribution in [0.2, 0.25) is 0 Å². The van der Waals surface area contributed by atoms with Crippen LogP contribution in [-0.4, -0.2) is 39.3 Å². The number of anilines is 1. The van der Waals surface area contributed by atoms with E-state index in [0.29, 0.717) is 12.0 Å². The van der Waals surface area contributed by atoms with Crippen molar-refractivity contribution in [2.45, 2.75) is 51.1 Å².